The zero-order chi connectivity index (χ0) is 27.3. The van der Waals surface area contributed by atoms with Gasteiger partial charge in [0.25, 0.3) is 11.7 Å². The van der Waals surface area contributed by atoms with Crippen molar-refractivity contribution in [1.82, 2.24) is 9.80 Å². The summed E-state index contributed by atoms with van der Waals surface area (Å²) < 4.78 is 16.2. The first kappa shape index (κ1) is 28.1. The number of phenols is 1. The Labute approximate surface area is 221 Å². The summed E-state index contributed by atoms with van der Waals surface area (Å²) in [6, 6.07) is 6.61. The van der Waals surface area contributed by atoms with E-state index < -0.39 is 23.5 Å². The Hall–Kier alpha value is -3.43. The first-order chi connectivity index (χ1) is 17.7. The second kappa shape index (κ2) is 12.2. The Morgan fingerprint density at radius 3 is 2.30 bits per heavy atom. The van der Waals surface area contributed by atoms with Gasteiger partial charge in [0.2, 0.25) is 0 Å². The summed E-state index contributed by atoms with van der Waals surface area (Å²) >= 11 is 6.32. The normalized spacial score (nSPS) is 16.9. The Morgan fingerprint density at radius 2 is 1.70 bits per heavy atom. The molecule has 1 aliphatic rings. The van der Waals surface area contributed by atoms with Crippen LogP contribution in [0.25, 0.3) is 5.76 Å². The third-order valence-electron chi connectivity index (χ3n) is 6.42. The van der Waals surface area contributed by atoms with Gasteiger partial charge in [0.1, 0.15) is 17.3 Å². The molecule has 0 aliphatic carbocycles. The number of ether oxygens (including phenoxy) is 3. The summed E-state index contributed by atoms with van der Waals surface area (Å²) in [5.41, 5.74) is 0.529. The lowest BCUT2D eigenvalue weighted by Crippen LogP contribution is -2.38. The molecular weight excluding hydrogens is 500 g/mol. The standard InChI is InChI=1S/C27H33ClN2O7/c1-6-29(7-2)11-12-30-24(16-9-10-19(31)22(13-16)37-8-3)23(26(33)27(30)34)25(32)17-14-18(28)21(36-5)15-20(17)35-4/h9-10,13-15,24,31-32H,6-8,11-12H2,1-5H3/b25-23+. The van der Waals surface area contributed by atoms with Crippen LogP contribution >= 0.6 is 11.6 Å². The van der Waals surface area contributed by atoms with E-state index in [0.29, 0.717) is 24.5 Å². The largest absolute Gasteiger partial charge is 0.507 e. The van der Waals surface area contributed by atoms with Crippen LogP contribution in [0.3, 0.4) is 0 Å². The monoisotopic (exact) mass is 532 g/mol. The quantitative estimate of drug-likeness (QED) is 0.251. The topological polar surface area (TPSA) is 109 Å². The fourth-order valence-corrected chi connectivity index (χ4v) is 4.65. The van der Waals surface area contributed by atoms with Crippen LogP contribution < -0.4 is 14.2 Å². The molecule has 1 unspecified atom stereocenters. The van der Waals surface area contributed by atoms with Crippen LogP contribution in [0.4, 0.5) is 0 Å². The Morgan fingerprint density at radius 1 is 1.03 bits per heavy atom. The number of hydrogen-bond donors (Lipinski definition) is 2. The first-order valence-corrected chi connectivity index (χ1v) is 12.5. The molecule has 1 heterocycles. The number of amides is 1. The number of likely N-dealkylation sites (N-methyl/N-ethyl adjacent to an activating group) is 1. The van der Waals surface area contributed by atoms with Crippen molar-refractivity contribution >= 4 is 29.1 Å². The van der Waals surface area contributed by atoms with Crippen molar-refractivity contribution in [3.63, 3.8) is 0 Å². The minimum Gasteiger partial charge on any atom is -0.507 e. The molecule has 200 valence electrons. The molecule has 1 amide bonds. The minimum absolute atomic E-state index is 0.0747. The number of carbonyl (C=O) groups excluding carboxylic acids is 2. The number of carbonyl (C=O) groups is 2. The average Bonchev–Trinajstić information content (AvgIpc) is 3.15. The van der Waals surface area contributed by atoms with Crippen LogP contribution in [0.2, 0.25) is 5.02 Å². The maximum absolute atomic E-state index is 13.4. The van der Waals surface area contributed by atoms with Crippen LogP contribution in [0.15, 0.2) is 35.9 Å². The number of ketones is 1. The van der Waals surface area contributed by atoms with E-state index in [9.17, 15) is 19.8 Å². The summed E-state index contributed by atoms with van der Waals surface area (Å²) in [5.74, 6) is -1.32. The number of methoxy groups -OCH3 is 2. The summed E-state index contributed by atoms with van der Waals surface area (Å²) in [4.78, 5) is 30.2. The zero-order valence-corrected chi connectivity index (χ0v) is 22.5. The molecule has 1 atom stereocenters. The highest BCUT2D eigenvalue weighted by Gasteiger charge is 2.46. The number of hydrogen-bond acceptors (Lipinski definition) is 8. The van der Waals surface area contributed by atoms with Crippen LogP contribution in [0.5, 0.6) is 23.0 Å². The number of Topliss-reactive ketones (excluding diaryl/α,β-unsaturated/α-hetero) is 1. The number of halogens is 1. The van der Waals surface area contributed by atoms with Gasteiger partial charge in [0.05, 0.1) is 43.0 Å². The molecule has 9 nitrogen and oxygen atoms in total. The van der Waals surface area contributed by atoms with Crippen LogP contribution in [-0.2, 0) is 9.59 Å². The Kier molecular flexibility index (Phi) is 9.29. The second-order valence-corrected chi connectivity index (χ2v) is 8.77. The van der Waals surface area contributed by atoms with Crippen LogP contribution in [0.1, 0.15) is 37.9 Å². The van der Waals surface area contributed by atoms with Gasteiger partial charge in [-0.3, -0.25) is 9.59 Å². The molecule has 0 bridgehead atoms. The lowest BCUT2D eigenvalue weighted by atomic mass is 9.94. The number of aromatic hydroxyl groups is 1. The van der Waals surface area contributed by atoms with Gasteiger partial charge >= 0.3 is 0 Å². The summed E-state index contributed by atoms with van der Waals surface area (Å²) in [7, 11) is 2.86. The van der Waals surface area contributed by atoms with Gasteiger partial charge in [-0.2, -0.15) is 0 Å². The highest BCUT2D eigenvalue weighted by Crippen LogP contribution is 2.44. The number of benzene rings is 2. The molecule has 2 aromatic carbocycles. The van der Waals surface area contributed by atoms with E-state index in [1.54, 1.807) is 19.1 Å². The highest BCUT2D eigenvalue weighted by atomic mass is 35.5. The van der Waals surface area contributed by atoms with E-state index in [1.807, 2.05) is 13.8 Å². The number of phenolic OH excluding ortho intramolecular Hbond substituents is 1. The smallest absolute Gasteiger partial charge is 0.295 e. The van der Waals surface area contributed by atoms with Gasteiger partial charge in [0.15, 0.2) is 11.5 Å². The third-order valence-corrected chi connectivity index (χ3v) is 6.72. The minimum atomic E-state index is -0.930. The van der Waals surface area contributed by atoms with Gasteiger partial charge in [-0.15, -0.1) is 0 Å². The SMILES string of the molecule is CCOc1cc(C2/C(=C(\O)c3cc(Cl)c(OC)cc3OC)C(=O)C(=O)N2CCN(CC)CC)ccc1O. The van der Waals surface area contributed by atoms with E-state index in [1.165, 1.54) is 37.3 Å². The van der Waals surface area contributed by atoms with E-state index >= 15 is 0 Å². The summed E-state index contributed by atoms with van der Waals surface area (Å²) in [6.07, 6.45) is 0. The predicted molar refractivity (Wildman–Crippen MR) is 141 cm³/mol. The van der Waals surface area contributed by atoms with Crippen LogP contribution in [0, 0.1) is 0 Å². The molecule has 2 N–H and O–H groups in total. The van der Waals surface area contributed by atoms with E-state index in [0.717, 1.165) is 13.1 Å². The number of aliphatic hydroxyl groups is 1. The van der Waals surface area contributed by atoms with Crippen molar-refractivity contribution in [2.45, 2.75) is 26.8 Å². The second-order valence-electron chi connectivity index (χ2n) is 8.37. The number of likely N-dealkylation sites (tertiary alicyclic amines) is 1. The summed E-state index contributed by atoms with van der Waals surface area (Å²) in [6.45, 7) is 8.46. The molecule has 0 spiro atoms. The predicted octanol–water partition coefficient (Wildman–Crippen LogP) is 4.23. The van der Waals surface area contributed by atoms with Gasteiger partial charge in [0, 0.05) is 19.2 Å². The molecule has 0 aromatic heterocycles. The maximum atomic E-state index is 13.4. The van der Waals surface area contributed by atoms with Crippen molar-refractivity contribution in [1.29, 1.82) is 0 Å². The fourth-order valence-electron chi connectivity index (χ4n) is 4.41. The molecule has 3 rings (SSSR count). The molecule has 0 saturated carbocycles. The zero-order valence-electron chi connectivity index (χ0n) is 21.7. The highest BCUT2D eigenvalue weighted by molar-refractivity contribution is 6.46. The maximum Gasteiger partial charge on any atom is 0.295 e. The van der Waals surface area contributed by atoms with Gasteiger partial charge in [-0.25, -0.2) is 0 Å². The van der Waals surface area contributed by atoms with Gasteiger partial charge < -0.3 is 34.2 Å². The molecule has 37 heavy (non-hydrogen) atoms. The molecule has 1 saturated heterocycles. The molecule has 0 radical (unpaired) electrons. The van der Waals surface area contributed by atoms with Crippen molar-refractivity contribution in [3.05, 3.63) is 52.1 Å². The van der Waals surface area contributed by atoms with E-state index in [2.05, 4.69) is 4.90 Å². The van der Waals surface area contributed by atoms with Crippen molar-refractivity contribution in [2.75, 3.05) is 47.0 Å². The molecular formula is C27H33ClN2O7. The first-order valence-electron chi connectivity index (χ1n) is 12.1. The Bertz CT molecular complexity index is 1190. The Balaban J connectivity index is 2.23. The van der Waals surface area contributed by atoms with Crippen molar-refractivity contribution in [3.8, 4) is 23.0 Å². The van der Waals surface area contributed by atoms with E-state index in [4.69, 9.17) is 25.8 Å². The molecule has 1 aliphatic heterocycles. The lowest BCUT2D eigenvalue weighted by molar-refractivity contribution is -0.140. The third kappa shape index (κ3) is 5.62. The molecule has 10 heteroatoms. The van der Waals surface area contributed by atoms with Crippen LogP contribution in [-0.4, -0.2) is 78.7 Å². The van der Waals surface area contributed by atoms with Crippen molar-refractivity contribution in [2.24, 2.45) is 0 Å². The van der Waals surface area contributed by atoms with E-state index in [-0.39, 0.29) is 40.0 Å². The molecule has 1 fully saturated rings. The lowest BCUT2D eigenvalue weighted by Gasteiger charge is -2.28. The van der Waals surface area contributed by atoms with Crippen molar-refractivity contribution < 1.29 is 34.0 Å². The summed E-state index contributed by atoms with van der Waals surface area (Å²) in [5, 5.41) is 21.9. The number of rotatable bonds is 11. The van der Waals surface area contributed by atoms with Gasteiger partial charge in [-0.05, 0) is 43.8 Å². The average molecular weight is 533 g/mol. The molecule has 2 aromatic rings. The number of aliphatic hydroxyl groups excluding tert-OH is 1. The van der Waals surface area contributed by atoms with Gasteiger partial charge in [-0.1, -0.05) is 31.5 Å². The fraction of sp³-hybridized carbons (Fsp3) is 0.407. The number of nitrogens with zero attached hydrogens (tertiary/aromatic N) is 2.